The summed E-state index contributed by atoms with van der Waals surface area (Å²) < 4.78 is 26.0. The van der Waals surface area contributed by atoms with Crippen LogP contribution in [0.1, 0.15) is 57.5 Å². The molecule has 2 aliphatic rings. The summed E-state index contributed by atoms with van der Waals surface area (Å²) in [4.78, 5) is 68.3. The van der Waals surface area contributed by atoms with Crippen LogP contribution in [0.5, 0.6) is 11.5 Å². The molecule has 2 aromatic heterocycles. The fourth-order valence-electron chi connectivity index (χ4n) is 7.64. The minimum absolute atomic E-state index is 0.0490. The number of amides is 2. The topological polar surface area (TPSA) is 175 Å². The third-order valence-electron chi connectivity index (χ3n) is 10.6. The number of ether oxygens (including phenoxy) is 4. The van der Waals surface area contributed by atoms with Gasteiger partial charge in [-0.3, -0.25) is 28.7 Å². The van der Waals surface area contributed by atoms with Gasteiger partial charge >= 0.3 is 0 Å². The number of nitrogens with zero attached hydrogens (tertiary/aromatic N) is 4. The van der Waals surface area contributed by atoms with Crippen molar-refractivity contribution >= 4 is 34.7 Å². The number of anilines is 1. The van der Waals surface area contributed by atoms with Crippen molar-refractivity contribution < 1.29 is 38.4 Å². The Hall–Kier alpha value is -6.48. The Labute approximate surface area is 326 Å². The van der Waals surface area contributed by atoms with E-state index in [-0.39, 0.29) is 34.8 Å². The minimum Gasteiger partial charge on any atom is -0.497 e. The summed E-state index contributed by atoms with van der Waals surface area (Å²) in [5.74, 6) is -3.24. The van der Waals surface area contributed by atoms with Gasteiger partial charge in [-0.2, -0.15) is 4.98 Å². The molecule has 6 aromatic rings. The number of rotatable bonds is 9. The molecule has 57 heavy (non-hydrogen) atoms. The van der Waals surface area contributed by atoms with Crippen LogP contribution in [0.3, 0.4) is 0 Å². The Morgan fingerprint density at radius 3 is 2.02 bits per heavy atom. The first kappa shape index (κ1) is 37.4. The van der Waals surface area contributed by atoms with Crippen molar-refractivity contribution in [1.82, 2.24) is 19.5 Å². The molecule has 0 saturated carbocycles. The highest BCUT2D eigenvalue weighted by atomic mass is 16.6. The molecule has 2 N–H and O–H groups in total. The number of carbonyl (C=O) groups is 3. The number of hydrogen-bond acceptors (Lipinski definition) is 11. The van der Waals surface area contributed by atoms with Crippen LogP contribution in [0.25, 0.3) is 11.2 Å². The number of Topliss-reactive ketones (excluding diaryl/α,β-unsaturated/α-hetero) is 1. The van der Waals surface area contributed by atoms with E-state index in [1.165, 1.54) is 23.0 Å². The van der Waals surface area contributed by atoms with Gasteiger partial charge in [-0.15, -0.1) is 0 Å². The molecule has 4 atom stereocenters. The van der Waals surface area contributed by atoms with Gasteiger partial charge in [0.2, 0.25) is 11.9 Å². The van der Waals surface area contributed by atoms with Crippen LogP contribution in [-0.2, 0) is 19.9 Å². The normalized spacial score (nSPS) is 19.4. The van der Waals surface area contributed by atoms with Crippen LogP contribution >= 0.6 is 0 Å². The molecule has 2 amide bonds. The maximum Gasteiger partial charge on any atom is 0.280 e. The van der Waals surface area contributed by atoms with Crippen molar-refractivity contribution in [2.24, 2.45) is 11.8 Å². The van der Waals surface area contributed by atoms with Crippen molar-refractivity contribution in [3.8, 4) is 11.5 Å². The number of nitrogens with one attached hydrogen (secondary N) is 1. The van der Waals surface area contributed by atoms with E-state index in [0.717, 1.165) is 21.6 Å². The summed E-state index contributed by atoms with van der Waals surface area (Å²) >= 11 is 0. The van der Waals surface area contributed by atoms with Crippen LogP contribution in [-0.4, -0.2) is 75.3 Å². The van der Waals surface area contributed by atoms with E-state index in [1.54, 1.807) is 40.2 Å². The Balaban J connectivity index is 1.27. The lowest BCUT2D eigenvalue weighted by atomic mass is 9.80. The Morgan fingerprint density at radius 1 is 0.842 bits per heavy atom. The number of imidazole rings is 1. The number of fused-ring (bicyclic) bond motifs is 4. The third kappa shape index (κ3) is 6.27. The van der Waals surface area contributed by atoms with Crippen LogP contribution in [0.4, 0.5) is 5.95 Å². The largest absolute Gasteiger partial charge is 0.497 e. The first-order chi connectivity index (χ1) is 27.6. The number of methoxy groups -OCH3 is 2. The van der Waals surface area contributed by atoms with Crippen molar-refractivity contribution in [2.45, 2.75) is 37.9 Å². The Bertz CT molecular complexity index is 2490. The minimum atomic E-state index is -1.50. The van der Waals surface area contributed by atoms with Crippen molar-refractivity contribution in [2.75, 3.05) is 25.7 Å². The molecule has 290 valence electrons. The lowest BCUT2D eigenvalue weighted by Gasteiger charge is -2.37. The van der Waals surface area contributed by atoms with E-state index in [0.29, 0.717) is 11.5 Å². The number of aliphatic hydroxyl groups excluding tert-OH is 1. The monoisotopic (exact) mass is 769 g/mol. The molecule has 1 saturated heterocycles. The number of aliphatic hydroxyl groups is 1. The van der Waals surface area contributed by atoms with E-state index >= 15 is 0 Å². The molecule has 14 heteroatoms. The zero-order valence-electron chi connectivity index (χ0n) is 31.5. The van der Waals surface area contributed by atoms with Crippen LogP contribution in [0.2, 0.25) is 0 Å². The number of ketones is 1. The number of aromatic nitrogens is 4. The highest BCUT2D eigenvalue weighted by Crippen LogP contribution is 2.45. The predicted octanol–water partition coefficient (Wildman–Crippen LogP) is 5.05. The van der Waals surface area contributed by atoms with Gasteiger partial charge in [0.15, 0.2) is 16.9 Å². The Kier molecular flexibility index (Phi) is 9.77. The molecule has 0 spiro atoms. The maximum atomic E-state index is 14.8. The molecule has 4 aromatic carbocycles. The zero-order valence-corrected chi connectivity index (χ0v) is 31.5. The predicted molar refractivity (Wildman–Crippen MR) is 207 cm³/mol. The highest BCUT2D eigenvalue weighted by Gasteiger charge is 2.52. The van der Waals surface area contributed by atoms with Gasteiger partial charge in [-0.25, -0.2) is 9.88 Å². The maximum absolute atomic E-state index is 14.8. The molecule has 0 aliphatic carbocycles. The summed E-state index contributed by atoms with van der Waals surface area (Å²) in [5, 5.41) is 12.2. The molecule has 8 rings (SSSR count). The van der Waals surface area contributed by atoms with Crippen LogP contribution < -0.4 is 19.9 Å². The van der Waals surface area contributed by atoms with E-state index in [2.05, 4.69) is 15.0 Å². The van der Waals surface area contributed by atoms with Gasteiger partial charge in [0, 0.05) is 11.5 Å². The van der Waals surface area contributed by atoms with E-state index in [1.807, 2.05) is 78.9 Å². The average molecular weight is 770 g/mol. The summed E-state index contributed by atoms with van der Waals surface area (Å²) in [6.07, 6.45) is -2.61. The van der Waals surface area contributed by atoms with Gasteiger partial charge in [0.25, 0.3) is 11.5 Å². The fraction of sp³-hybridized carbons (Fsp3) is 0.256. The lowest BCUT2D eigenvalue weighted by molar-refractivity contribution is -0.120. The quantitative estimate of drug-likeness (QED) is 0.189. The van der Waals surface area contributed by atoms with Gasteiger partial charge in [-0.05, 0) is 47.0 Å². The lowest BCUT2D eigenvalue weighted by Crippen LogP contribution is -2.42. The SMILES string of the molecule is COc1ccc(C(OC[C@H]2O[C@@H]3[C@H](C(=O)c4ccccc4C(=O)N(C(=O)C(C)C)c4nc5c(ncn53)c(=O)[nH]4)[C@@H]2O)(c2ccccc2)c2ccc(OC)cc2)cc1. The molecule has 0 unspecified atom stereocenters. The first-order valence-corrected chi connectivity index (χ1v) is 18.4. The summed E-state index contributed by atoms with van der Waals surface area (Å²) in [6, 6.07) is 30.5. The Morgan fingerprint density at radius 2 is 1.42 bits per heavy atom. The number of hydrogen-bond donors (Lipinski definition) is 2. The second-order valence-electron chi connectivity index (χ2n) is 14.2. The second kappa shape index (κ2) is 14.9. The molecule has 4 heterocycles. The van der Waals surface area contributed by atoms with Gasteiger partial charge in [-0.1, -0.05) is 86.6 Å². The van der Waals surface area contributed by atoms with E-state index in [4.69, 9.17) is 18.9 Å². The van der Waals surface area contributed by atoms with Crippen molar-refractivity contribution in [3.63, 3.8) is 0 Å². The molecule has 2 aliphatic heterocycles. The zero-order chi connectivity index (χ0) is 40.0. The smallest absolute Gasteiger partial charge is 0.280 e. The summed E-state index contributed by atoms with van der Waals surface area (Å²) in [5.41, 5.74) is -0.0910. The van der Waals surface area contributed by atoms with Crippen LogP contribution in [0, 0.1) is 11.8 Å². The van der Waals surface area contributed by atoms with Gasteiger partial charge < -0.3 is 24.1 Å². The third-order valence-corrected chi connectivity index (χ3v) is 10.6. The molecule has 14 nitrogen and oxygen atoms in total. The summed E-state index contributed by atoms with van der Waals surface area (Å²) in [7, 11) is 3.17. The average Bonchev–Trinajstić information content (AvgIpc) is 3.81. The number of carbonyl (C=O) groups excluding carboxylic acids is 3. The summed E-state index contributed by atoms with van der Waals surface area (Å²) in [6.45, 7) is 2.97. The molecule has 0 radical (unpaired) electrons. The number of benzene rings is 4. The molecule has 2 bridgehead atoms. The second-order valence-corrected chi connectivity index (χ2v) is 14.2. The number of aromatic amines is 1. The number of H-pyrrole nitrogens is 1. The van der Waals surface area contributed by atoms with Crippen molar-refractivity contribution in [1.29, 1.82) is 0 Å². The fourth-order valence-corrected chi connectivity index (χ4v) is 7.64. The van der Waals surface area contributed by atoms with E-state index < -0.39 is 59.0 Å². The molecular weight excluding hydrogens is 730 g/mol. The van der Waals surface area contributed by atoms with Gasteiger partial charge in [0.1, 0.15) is 29.4 Å². The first-order valence-electron chi connectivity index (χ1n) is 18.4. The van der Waals surface area contributed by atoms with E-state index in [9.17, 15) is 24.3 Å². The molecular formula is C43H39N5O9. The van der Waals surface area contributed by atoms with Gasteiger partial charge in [0.05, 0.1) is 44.7 Å². The molecule has 1 fully saturated rings. The number of imide groups is 1. The standard InChI is InChI=1S/C43H39N5O9/c1-24(2)39(52)48-40(53)31-13-9-8-12-30(31)35(49)33-36(50)32(57-41(33)47-23-44-34-37(47)45-42(48)46-38(34)51)22-56-43(25-10-6-5-7-11-25,26-14-18-28(54-3)19-15-26)27-16-20-29(55-4)21-17-27/h5-21,23-24,32-33,36,41,50H,22H2,1-4H3,(H,45,46,51)/t32-,33-,36-,41-/m1/s1. The van der Waals surface area contributed by atoms with Crippen LogP contribution in [0.15, 0.2) is 114 Å². The van der Waals surface area contributed by atoms with Crippen molar-refractivity contribution in [3.05, 3.63) is 148 Å². The highest BCUT2D eigenvalue weighted by molar-refractivity contribution is 6.23.